The number of H-pyrrole nitrogens is 1. The van der Waals surface area contributed by atoms with Crippen molar-refractivity contribution in [1.82, 2.24) is 15.3 Å². The zero-order valence-corrected chi connectivity index (χ0v) is 9.03. The molecule has 4 N–H and O–H groups in total. The average Bonchev–Trinajstić information content (AvgIpc) is 2.90. The van der Waals surface area contributed by atoms with E-state index in [1.165, 1.54) is 0 Å². The zero-order valence-electron chi connectivity index (χ0n) is 9.03. The smallest absolute Gasteiger partial charge is 0.242 e. The van der Waals surface area contributed by atoms with Crippen molar-refractivity contribution in [2.24, 2.45) is 5.73 Å². The molecule has 0 radical (unpaired) electrons. The Morgan fingerprint density at radius 2 is 2.62 bits per heavy atom. The summed E-state index contributed by atoms with van der Waals surface area (Å²) in [5.41, 5.74) is 6.06. The minimum absolute atomic E-state index is 0.135. The Balaban J connectivity index is 1.75. The fourth-order valence-corrected chi connectivity index (χ4v) is 1.67. The second-order valence-electron chi connectivity index (χ2n) is 4.04. The first kappa shape index (κ1) is 11.1. The third kappa shape index (κ3) is 2.40. The maximum absolute atomic E-state index is 11.8. The summed E-state index contributed by atoms with van der Waals surface area (Å²) < 4.78 is 5.13. The normalized spacial score (nSPS) is 24.6. The van der Waals surface area contributed by atoms with Gasteiger partial charge in [0.25, 0.3) is 0 Å². The van der Waals surface area contributed by atoms with E-state index in [0.29, 0.717) is 26.2 Å². The molecule has 1 fully saturated rings. The van der Waals surface area contributed by atoms with E-state index in [-0.39, 0.29) is 5.91 Å². The third-order valence-electron chi connectivity index (χ3n) is 2.74. The SMILES string of the molecule is NC1(C(=O)NCCc2cnc[nH]2)CCOC1. The van der Waals surface area contributed by atoms with Gasteiger partial charge < -0.3 is 20.8 Å². The number of nitrogens with zero attached hydrogens (tertiary/aromatic N) is 1. The Labute approximate surface area is 93.6 Å². The van der Waals surface area contributed by atoms with E-state index in [2.05, 4.69) is 15.3 Å². The Hall–Kier alpha value is -1.40. The molecule has 0 saturated carbocycles. The number of amides is 1. The van der Waals surface area contributed by atoms with Crippen molar-refractivity contribution >= 4 is 5.91 Å². The number of carbonyl (C=O) groups is 1. The second kappa shape index (κ2) is 4.63. The van der Waals surface area contributed by atoms with Gasteiger partial charge in [0.15, 0.2) is 0 Å². The van der Waals surface area contributed by atoms with Crippen LogP contribution in [0.5, 0.6) is 0 Å². The molecule has 2 heterocycles. The number of carbonyl (C=O) groups excluding carboxylic acids is 1. The zero-order chi connectivity index (χ0) is 11.4. The van der Waals surface area contributed by atoms with E-state index in [1.807, 2.05) is 0 Å². The summed E-state index contributed by atoms with van der Waals surface area (Å²) in [6.45, 7) is 1.42. The van der Waals surface area contributed by atoms with E-state index in [1.54, 1.807) is 12.5 Å². The van der Waals surface area contributed by atoms with Gasteiger partial charge in [0.1, 0.15) is 5.54 Å². The summed E-state index contributed by atoms with van der Waals surface area (Å²) in [7, 11) is 0. The molecular formula is C10H16N4O2. The van der Waals surface area contributed by atoms with Gasteiger partial charge in [-0.05, 0) is 6.42 Å². The van der Waals surface area contributed by atoms with Crippen LogP contribution in [-0.2, 0) is 16.0 Å². The number of aromatic amines is 1. The fraction of sp³-hybridized carbons (Fsp3) is 0.600. The molecule has 1 aliphatic rings. The Kier molecular flexibility index (Phi) is 3.21. The van der Waals surface area contributed by atoms with Crippen molar-refractivity contribution in [3.63, 3.8) is 0 Å². The molecule has 6 nitrogen and oxygen atoms in total. The van der Waals surface area contributed by atoms with Crippen LogP contribution in [0.25, 0.3) is 0 Å². The first-order chi connectivity index (χ1) is 7.71. The van der Waals surface area contributed by atoms with E-state index < -0.39 is 5.54 Å². The van der Waals surface area contributed by atoms with Crippen molar-refractivity contribution in [2.75, 3.05) is 19.8 Å². The van der Waals surface area contributed by atoms with Gasteiger partial charge in [0.05, 0.1) is 12.9 Å². The molecular weight excluding hydrogens is 208 g/mol. The highest BCUT2D eigenvalue weighted by Gasteiger charge is 2.37. The van der Waals surface area contributed by atoms with Gasteiger partial charge in [0.2, 0.25) is 5.91 Å². The third-order valence-corrected chi connectivity index (χ3v) is 2.74. The van der Waals surface area contributed by atoms with E-state index in [9.17, 15) is 4.79 Å². The predicted octanol–water partition coefficient (Wildman–Crippen LogP) is -0.814. The number of rotatable bonds is 4. The maximum atomic E-state index is 11.8. The molecule has 1 aliphatic heterocycles. The van der Waals surface area contributed by atoms with Crippen LogP contribution in [-0.4, -0.2) is 41.2 Å². The second-order valence-corrected chi connectivity index (χ2v) is 4.04. The fourth-order valence-electron chi connectivity index (χ4n) is 1.67. The van der Waals surface area contributed by atoms with Gasteiger partial charge >= 0.3 is 0 Å². The molecule has 0 aromatic carbocycles. The molecule has 16 heavy (non-hydrogen) atoms. The Morgan fingerprint density at radius 3 is 3.25 bits per heavy atom. The maximum Gasteiger partial charge on any atom is 0.242 e. The average molecular weight is 224 g/mol. The topological polar surface area (TPSA) is 93.0 Å². The number of nitrogens with two attached hydrogens (primary N) is 1. The summed E-state index contributed by atoms with van der Waals surface area (Å²) in [4.78, 5) is 18.6. The van der Waals surface area contributed by atoms with Crippen molar-refractivity contribution < 1.29 is 9.53 Å². The summed E-state index contributed by atoms with van der Waals surface area (Å²) in [5, 5.41) is 2.81. The largest absolute Gasteiger partial charge is 0.379 e. The van der Waals surface area contributed by atoms with Gasteiger partial charge in [-0.1, -0.05) is 0 Å². The molecule has 1 amide bonds. The number of nitrogens with one attached hydrogen (secondary N) is 2. The van der Waals surface area contributed by atoms with Crippen molar-refractivity contribution in [3.05, 3.63) is 18.2 Å². The van der Waals surface area contributed by atoms with E-state index >= 15 is 0 Å². The molecule has 6 heteroatoms. The standard InChI is InChI=1S/C10H16N4O2/c11-10(2-4-16-6-10)9(15)13-3-1-8-5-12-7-14-8/h5,7H,1-4,6,11H2,(H,12,14)(H,13,15). The molecule has 2 rings (SSSR count). The van der Waals surface area contributed by atoms with Crippen LogP contribution in [0.2, 0.25) is 0 Å². The summed E-state index contributed by atoms with van der Waals surface area (Å²) in [5.74, 6) is -0.135. The summed E-state index contributed by atoms with van der Waals surface area (Å²) in [6.07, 6.45) is 4.67. The van der Waals surface area contributed by atoms with Gasteiger partial charge in [0, 0.05) is 31.5 Å². The van der Waals surface area contributed by atoms with E-state index in [4.69, 9.17) is 10.5 Å². The van der Waals surface area contributed by atoms with Crippen LogP contribution < -0.4 is 11.1 Å². The predicted molar refractivity (Wildman–Crippen MR) is 57.7 cm³/mol. The number of hydrogen-bond donors (Lipinski definition) is 3. The number of ether oxygens (including phenoxy) is 1. The Morgan fingerprint density at radius 1 is 1.75 bits per heavy atom. The Bertz CT molecular complexity index is 344. The number of imidazole rings is 1. The van der Waals surface area contributed by atoms with Crippen LogP contribution in [0.3, 0.4) is 0 Å². The number of aromatic nitrogens is 2. The molecule has 1 aromatic heterocycles. The minimum Gasteiger partial charge on any atom is -0.379 e. The quantitative estimate of drug-likeness (QED) is 0.623. The van der Waals surface area contributed by atoms with Crippen LogP contribution in [0.4, 0.5) is 0 Å². The van der Waals surface area contributed by atoms with Crippen LogP contribution in [0, 0.1) is 0 Å². The summed E-state index contributed by atoms with van der Waals surface area (Å²) in [6, 6.07) is 0. The lowest BCUT2D eigenvalue weighted by Gasteiger charge is -2.20. The highest BCUT2D eigenvalue weighted by atomic mass is 16.5. The molecule has 1 aromatic rings. The first-order valence-corrected chi connectivity index (χ1v) is 5.33. The monoisotopic (exact) mass is 224 g/mol. The highest BCUT2D eigenvalue weighted by molar-refractivity contribution is 5.86. The minimum atomic E-state index is -0.839. The highest BCUT2D eigenvalue weighted by Crippen LogP contribution is 2.15. The molecule has 0 bridgehead atoms. The molecule has 0 aliphatic carbocycles. The van der Waals surface area contributed by atoms with Crippen LogP contribution >= 0.6 is 0 Å². The van der Waals surface area contributed by atoms with Gasteiger partial charge in [-0.15, -0.1) is 0 Å². The van der Waals surface area contributed by atoms with E-state index in [0.717, 1.165) is 12.1 Å². The van der Waals surface area contributed by atoms with Crippen molar-refractivity contribution in [1.29, 1.82) is 0 Å². The molecule has 88 valence electrons. The molecule has 1 atom stereocenters. The van der Waals surface area contributed by atoms with Gasteiger partial charge in [-0.2, -0.15) is 0 Å². The molecule has 0 spiro atoms. The van der Waals surface area contributed by atoms with Crippen LogP contribution in [0.15, 0.2) is 12.5 Å². The van der Waals surface area contributed by atoms with Gasteiger partial charge in [-0.3, -0.25) is 4.79 Å². The molecule has 1 unspecified atom stereocenters. The lowest BCUT2D eigenvalue weighted by atomic mass is 9.99. The summed E-state index contributed by atoms with van der Waals surface area (Å²) >= 11 is 0. The van der Waals surface area contributed by atoms with Crippen molar-refractivity contribution in [3.8, 4) is 0 Å². The van der Waals surface area contributed by atoms with Crippen molar-refractivity contribution in [2.45, 2.75) is 18.4 Å². The van der Waals surface area contributed by atoms with Crippen LogP contribution in [0.1, 0.15) is 12.1 Å². The lowest BCUT2D eigenvalue weighted by Crippen LogP contribution is -2.54. The van der Waals surface area contributed by atoms with Gasteiger partial charge in [-0.25, -0.2) is 4.98 Å². The molecule has 1 saturated heterocycles. The number of hydrogen-bond acceptors (Lipinski definition) is 4. The lowest BCUT2D eigenvalue weighted by molar-refractivity contribution is -0.126. The first-order valence-electron chi connectivity index (χ1n) is 5.33.